The molecule has 0 radical (unpaired) electrons. The number of thioether (sulfide) groups is 1. The number of ether oxygens (including phenoxy) is 1. The second-order valence-corrected chi connectivity index (χ2v) is 8.39. The number of aromatic carboxylic acids is 1. The number of carboxylic acids is 1. The Balaban J connectivity index is 1.47. The molecule has 0 saturated heterocycles. The molecule has 2 aliphatic rings. The number of halogens is 3. The first-order valence-electron chi connectivity index (χ1n) is 9.44. The van der Waals surface area contributed by atoms with E-state index in [4.69, 9.17) is 4.74 Å². The summed E-state index contributed by atoms with van der Waals surface area (Å²) in [5.41, 5.74) is 2.37. The molecule has 1 aromatic heterocycles. The van der Waals surface area contributed by atoms with Crippen LogP contribution in [0.2, 0.25) is 0 Å². The molecule has 9 heteroatoms. The van der Waals surface area contributed by atoms with Gasteiger partial charge >= 0.3 is 12.1 Å². The molecule has 2 aromatic rings. The smallest absolute Gasteiger partial charge is 0.421 e. The number of aromatic nitrogens is 1. The highest BCUT2D eigenvalue weighted by molar-refractivity contribution is 8.03. The number of nitrogens with one attached hydrogen (secondary N) is 1. The summed E-state index contributed by atoms with van der Waals surface area (Å²) in [5.74, 6) is -0.265. The lowest BCUT2D eigenvalue weighted by Gasteiger charge is -2.27. The molecule has 2 N–H and O–H groups in total. The maximum atomic E-state index is 12.9. The molecule has 2 atom stereocenters. The third-order valence-corrected chi connectivity index (χ3v) is 6.63. The van der Waals surface area contributed by atoms with Crippen LogP contribution >= 0.6 is 11.8 Å². The van der Waals surface area contributed by atoms with Crippen LogP contribution < -0.4 is 10.1 Å². The Morgan fingerprint density at radius 3 is 2.90 bits per heavy atom. The zero-order chi connectivity index (χ0) is 21.3. The molecule has 3 heterocycles. The van der Waals surface area contributed by atoms with Crippen molar-refractivity contribution in [1.82, 2.24) is 4.98 Å². The van der Waals surface area contributed by atoms with Crippen LogP contribution in [0.3, 0.4) is 0 Å². The van der Waals surface area contributed by atoms with Crippen LogP contribution in [0, 0.1) is 0 Å². The predicted molar refractivity (Wildman–Crippen MR) is 108 cm³/mol. The summed E-state index contributed by atoms with van der Waals surface area (Å²) in [7, 11) is 0. The second kappa shape index (κ2) is 8.22. The molecule has 1 unspecified atom stereocenters. The van der Waals surface area contributed by atoms with Crippen LogP contribution in [0.1, 0.15) is 45.5 Å². The number of carbonyl (C=O) groups is 1. The number of nitrogens with zero attached hydrogens (tertiary/aromatic N) is 1. The van der Waals surface area contributed by atoms with Crippen molar-refractivity contribution in [3.05, 3.63) is 64.3 Å². The number of allylic oxidation sites excluding steroid dienone is 2. The first kappa shape index (κ1) is 20.6. The van der Waals surface area contributed by atoms with Crippen LogP contribution in [-0.2, 0) is 0 Å². The van der Waals surface area contributed by atoms with E-state index in [0.717, 1.165) is 29.3 Å². The van der Waals surface area contributed by atoms with Gasteiger partial charge in [0.05, 0.1) is 29.0 Å². The second-order valence-electron chi connectivity index (χ2n) is 7.15. The van der Waals surface area contributed by atoms with Crippen molar-refractivity contribution in [3.63, 3.8) is 0 Å². The number of fused-ring (bicyclic) bond motifs is 1. The quantitative estimate of drug-likeness (QED) is 0.656. The summed E-state index contributed by atoms with van der Waals surface area (Å²) in [4.78, 5) is 14.8. The summed E-state index contributed by atoms with van der Waals surface area (Å²) >= 11 is 0.840. The van der Waals surface area contributed by atoms with E-state index in [9.17, 15) is 23.1 Å². The number of benzene rings is 1. The van der Waals surface area contributed by atoms with E-state index < -0.39 is 17.1 Å². The SMILES string of the molecule is O=C(O)c1ccncc1NC[C@H]1CCOc2cc(C3CC=C(C(F)(F)F)S3)ccc21. The molecule has 30 heavy (non-hydrogen) atoms. The van der Waals surface area contributed by atoms with E-state index in [1.165, 1.54) is 24.5 Å². The number of pyridine rings is 1. The van der Waals surface area contributed by atoms with Gasteiger partial charge in [0.1, 0.15) is 5.75 Å². The summed E-state index contributed by atoms with van der Waals surface area (Å²) in [6.07, 6.45) is 0.940. The summed E-state index contributed by atoms with van der Waals surface area (Å²) in [6, 6.07) is 7.04. The fourth-order valence-electron chi connectivity index (χ4n) is 3.70. The van der Waals surface area contributed by atoms with Crippen molar-refractivity contribution in [3.8, 4) is 5.75 Å². The van der Waals surface area contributed by atoms with Gasteiger partial charge in [-0.25, -0.2) is 4.79 Å². The number of hydrogen-bond acceptors (Lipinski definition) is 5. The number of anilines is 1. The van der Waals surface area contributed by atoms with Gasteiger partial charge in [-0.3, -0.25) is 4.98 Å². The summed E-state index contributed by atoms with van der Waals surface area (Å²) < 4.78 is 44.5. The lowest BCUT2D eigenvalue weighted by atomic mass is 9.91. The van der Waals surface area contributed by atoms with Gasteiger partial charge in [0.25, 0.3) is 0 Å². The maximum absolute atomic E-state index is 12.9. The van der Waals surface area contributed by atoms with Gasteiger partial charge in [0.15, 0.2) is 0 Å². The predicted octanol–water partition coefficient (Wildman–Crippen LogP) is 5.38. The van der Waals surface area contributed by atoms with Crippen molar-refractivity contribution in [1.29, 1.82) is 0 Å². The van der Waals surface area contributed by atoms with Gasteiger partial charge in [-0.1, -0.05) is 18.2 Å². The van der Waals surface area contributed by atoms with Crippen LogP contribution in [0.5, 0.6) is 5.75 Å². The highest BCUT2D eigenvalue weighted by Crippen LogP contribution is 2.50. The molecule has 2 aliphatic heterocycles. The van der Waals surface area contributed by atoms with Gasteiger partial charge in [0.2, 0.25) is 0 Å². The topological polar surface area (TPSA) is 71.5 Å². The molecule has 0 aliphatic carbocycles. The number of alkyl halides is 3. The van der Waals surface area contributed by atoms with Crippen LogP contribution in [-0.4, -0.2) is 35.4 Å². The molecule has 1 aromatic carbocycles. The van der Waals surface area contributed by atoms with Gasteiger partial charge in [-0.2, -0.15) is 13.2 Å². The third-order valence-electron chi connectivity index (χ3n) is 5.23. The zero-order valence-corrected chi connectivity index (χ0v) is 16.6. The Morgan fingerprint density at radius 2 is 2.17 bits per heavy atom. The van der Waals surface area contributed by atoms with Crippen molar-refractivity contribution in [2.24, 2.45) is 0 Å². The van der Waals surface area contributed by atoms with E-state index in [-0.39, 0.29) is 16.7 Å². The number of carboxylic acid groups (broad SMARTS) is 1. The molecule has 0 amide bonds. The fourth-order valence-corrected chi connectivity index (χ4v) is 4.81. The van der Waals surface area contributed by atoms with Gasteiger partial charge in [-0.15, -0.1) is 11.8 Å². The van der Waals surface area contributed by atoms with Crippen molar-refractivity contribution in [2.45, 2.75) is 30.2 Å². The highest BCUT2D eigenvalue weighted by Gasteiger charge is 2.39. The minimum Gasteiger partial charge on any atom is -0.493 e. The Hall–Kier alpha value is -2.68. The number of rotatable bonds is 5. The van der Waals surface area contributed by atoms with Crippen molar-refractivity contribution < 1.29 is 27.8 Å². The minimum atomic E-state index is -4.30. The van der Waals surface area contributed by atoms with Crippen LogP contribution in [0.15, 0.2) is 47.6 Å². The fraction of sp³-hybridized carbons (Fsp3) is 0.333. The number of hydrogen-bond donors (Lipinski definition) is 2. The lowest BCUT2D eigenvalue weighted by molar-refractivity contribution is -0.0835. The standard InChI is InChI=1S/C21H19F3N2O3S/c22-21(23,24)19-4-3-18(30-19)12-1-2-14-13(6-8-29-17(14)9-12)10-26-16-11-25-7-5-15(16)20(27)28/h1-2,4-5,7,9,11,13,18,26H,3,6,8,10H2,(H,27,28)/t13-,18?/m1/s1. The molecule has 158 valence electrons. The normalized spacial score (nSPS) is 20.8. The monoisotopic (exact) mass is 436 g/mol. The summed E-state index contributed by atoms with van der Waals surface area (Å²) in [5, 5.41) is 12.2. The molecule has 0 fully saturated rings. The minimum absolute atomic E-state index is 0.0877. The molecular formula is C21H19F3N2O3S. The maximum Gasteiger partial charge on any atom is 0.421 e. The van der Waals surface area contributed by atoms with Crippen LogP contribution in [0.4, 0.5) is 18.9 Å². The molecule has 0 bridgehead atoms. The highest BCUT2D eigenvalue weighted by atomic mass is 32.2. The zero-order valence-electron chi connectivity index (χ0n) is 15.8. The van der Waals surface area contributed by atoms with E-state index in [0.29, 0.717) is 31.0 Å². The molecule has 5 nitrogen and oxygen atoms in total. The van der Waals surface area contributed by atoms with E-state index in [1.54, 1.807) is 0 Å². The van der Waals surface area contributed by atoms with Crippen molar-refractivity contribution in [2.75, 3.05) is 18.5 Å². The average Bonchev–Trinajstić information content (AvgIpc) is 3.23. The lowest BCUT2D eigenvalue weighted by Crippen LogP contribution is -2.21. The van der Waals surface area contributed by atoms with E-state index >= 15 is 0 Å². The third kappa shape index (κ3) is 4.26. The van der Waals surface area contributed by atoms with Crippen molar-refractivity contribution >= 4 is 23.4 Å². The first-order chi connectivity index (χ1) is 14.3. The molecule has 0 saturated carbocycles. The molecule has 4 rings (SSSR count). The Morgan fingerprint density at radius 1 is 1.33 bits per heavy atom. The average molecular weight is 436 g/mol. The molecule has 0 spiro atoms. The largest absolute Gasteiger partial charge is 0.493 e. The van der Waals surface area contributed by atoms with E-state index in [1.807, 2.05) is 18.2 Å². The van der Waals surface area contributed by atoms with Gasteiger partial charge in [0, 0.05) is 23.9 Å². The van der Waals surface area contributed by atoms with Gasteiger partial charge < -0.3 is 15.2 Å². The first-order valence-corrected chi connectivity index (χ1v) is 10.3. The summed E-state index contributed by atoms with van der Waals surface area (Å²) in [6.45, 7) is 0.991. The Bertz CT molecular complexity index is 994. The Kier molecular flexibility index (Phi) is 5.64. The van der Waals surface area contributed by atoms with E-state index in [2.05, 4.69) is 10.3 Å². The van der Waals surface area contributed by atoms with Crippen LogP contribution in [0.25, 0.3) is 0 Å². The van der Waals surface area contributed by atoms with Gasteiger partial charge in [-0.05, 0) is 36.1 Å². The Labute approximate surface area is 175 Å². The molecular weight excluding hydrogens is 417 g/mol.